The van der Waals surface area contributed by atoms with E-state index in [1.807, 2.05) is 0 Å². The smallest absolute Gasteiger partial charge is 0.416 e. The summed E-state index contributed by atoms with van der Waals surface area (Å²) >= 11 is 0. The van der Waals surface area contributed by atoms with E-state index in [9.17, 15) is 18.0 Å². The van der Waals surface area contributed by atoms with Gasteiger partial charge in [0.05, 0.1) is 11.0 Å². The molecule has 1 aromatic heterocycles. The van der Waals surface area contributed by atoms with Crippen LogP contribution in [-0.4, -0.2) is 16.1 Å². The van der Waals surface area contributed by atoms with Gasteiger partial charge in [-0.05, 0) is 37.6 Å². The van der Waals surface area contributed by atoms with Gasteiger partial charge in [0, 0.05) is 17.1 Å². The predicted molar refractivity (Wildman–Crippen MR) is 64.0 cm³/mol. The van der Waals surface area contributed by atoms with Crippen molar-refractivity contribution in [3.8, 4) is 0 Å². The molecule has 6 heteroatoms. The molecule has 2 N–H and O–H groups in total. The van der Waals surface area contributed by atoms with Crippen LogP contribution in [0, 0.1) is 0 Å². The highest BCUT2D eigenvalue weighted by atomic mass is 19.4. The summed E-state index contributed by atoms with van der Waals surface area (Å²) in [5.74, 6) is -1.09. The van der Waals surface area contributed by atoms with Crippen molar-refractivity contribution >= 4 is 16.9 Å². The van der Waals surface area contributed by atoms with Gasteiger partial charge in [0.1, 0.15) is 0 Å². The first-order chi connectivity index (χ1) is 8.64. The monoisotopic (exact) mass is 271 g/mol. The Morgan fingerprint density at radius 3 is 2.42 bits per heavy atom. The SMILES string of the molecule is CC(C)(C(=O)O)c1c[nH]c2ccc(C(F)(F)F)cc12. The molecule has 0 fully saturated rings. The number of alkyl halides is 3. The maximum absolute atomic E-state index is 12.7. The molecule has 19 heavy (non-hydrogen) atoms. The molecule has 102 valence electrons. The molecule has 0 radical (unpaired) electrons. The molecule has 1 aromatic carbocycles. The van der Waals surface area contributed by atoms with Crippen molar-refractivity contribution in [2.24, 2.45) is 0 Å². The van der Waals surface area contributed by atoms with Crippen molar-refractivity contribution in [1.29, 1.82) is 0 Å². The second-order valence-electron chi connectivity index (χ2n) is 4.89. The Morgan fingerprint density at radius 1 is 1.26 bits per heavy atom. The Kier molecular flexibility index (Phi) is 2.84. The molecule has 0 saturated heterocycles. The lowest BCUT2D eigenvalue weighted by molar-refractivity contribution is -0.142. The Labute approximate surface area is 107 Å². The lowest BCUT2D eigenvalue weighted by atomic mass is 9.84. The number of halogens is 3. The number of benzene rings is 1. The van der Waals surface area contributed by atoms with Crippen molar-refractivity contribution in [3.05, 3.63) is 35.5 Å². The molecule has 0 aliphatic rings. The van der Waals surface area contributed by atoms with Crippen LogP contribution in [0.5, 0.6) is 0 Å². The van der Waals surface area contributed by atoms with Gasteiger partial charge >= 0.3 is 12.1 Å². The molecule has 0 amide bonds. The van der Waals surface area contributed by atoms with Gasteiger partial charge in [0.2, 0.25) is 0 Å². The zero-order chi connectivity index (χ0) is 14.4. The molecule has 1 heterocycles. The largest absolute Gasteiger partial charge is 0.481 e. The van der Waals surface area contributed by atoms with E-state index in [1.165, 1.54) is 26.1 Å². The van der Waals surface area contributed by atoms with E-state index in [4.69, 9.17) is 5.11 Å². The molecule has 0 saturated carbocycles. The zero-order valence-electron chi connectivity index (χ0n) is 10.3. The molecule has 0 aliphatic carbocycles. The number of carboxylic acid groups (broad SMARTS) is 1. The fraction of sp³-hybridized carbons (Fsp3) is 0.308. The third-order valence-corrected chi connectivity index (χ3v) is 3.22. The van der Waals surface area contributed by atoms with Gasteiger partial charge in [-0.25, -0.2) is 0 Å². The number of aromatic amines is 1. The van der Waals surface area contributed by atoms with Gasteiger partial charge in [-0.1, -0.05) is 0 Å². The van der Waals surface area contributed by atoms with Crippen LogP contribution >= 0.6 is 0 Å². The number of H-pyrrole nitrogens is 1. The van der Waals surface area contributed by atoms with E-state index >= 15 is 0 Å². The molecule has 3 nitrogen and oxygen atoms in total. The fourth-order valence-electron chi connectivity index (χ4n) is 1.93. The summed E-state index contributed by atoms with van der Waals surface area (Å²) in [5.41, 5.74) is -1.23. The van der Waals surface area contributed by atoms with Crippen LogP contribution in [0.2, 0.25) is 0 Å². The van der Waals surface area contributed by atoms with Crippen LogP contribution in [0.3, 0.4) is 0 Å². The van der Waals surface area contributed by atoms with Crippen molar-refractivity contribution < 1.29 is 23.1 Å². The molecule has 0 unspecified atom stereocenters. The third kappa shape index (κ3) is 2.18. The predicted octanol–water partition coefficient (Wildman–Crippen LogP) is 3.55. The van der Waals surface area contributed by atoms with Crippen LogP contribution in [0.15, 0.2) is 24.4 Å². The highest BCUT2D eigenvalue weighted by Gasteiger charge is 2.34. The Balaban J connectivity index is 2.68. The standard InChI is InChI=1S/C13H12F3NO2/c1-12(2,11(18)19)9-6-17-10-4-3-7(5-8(9)10)13(14,15)16/h3-6,17H,1-2H3,(H,18,19). The normalized spacial score (nSPS) is 12.9. The van der Waals surface area contributed by atoms with Crippen molar-refractivity contribution in [2.75, 3.05) is 0 Å². The lowest BCUT2D eigenvalue weighted by Gasteiger charge is -2.18. The summed E-state index contributed by atoms with van der Waals surface area (Å²) in [4.78, 5) is 14.0. The first-order valence-corrected chi connectivity index (χ1v) is 5.56. The number of fused-ring (bicyclic) bond motifs is 1. The highest BCUT2D eigenvalue weighted by molar-refractivity contribution is 5.92. The van der Waals surface area contributed by atoms with Crippen LogP contribution < -0.4 is 0 Å². The number of carbonyl (C=O) groups is 1. The number of rotatable bonds is 2. The number of carboxylic acids is 1. The second kappa shape index (κ2) is 4.01. The van der Waals surface area contributed by atoms with Crippen molar-refractivity contribution in [1.82, 2.24) is 4.98 Å². The minimum atomic E-state index is -4.45. The average molecular weight is 271 g/mol. The average Bonchev–Trinajstić information content (AvgIpc) is 2.70. The third-order valence-electron chi connectivity index (χ3n) is 3.22. The molecule has 0 aliphatic heterocycles. The molecular weight excluding hydrogens is 259 g/mol. The summed E-state index contributed by atoms with van der Waals surface area (Å²) in [6.07, 6.45) is -3.00. The summed E-state index contributed by atoms with van der Waals surface area (Å²) in [6.45, 7) is 2.91. The molecule has 0 spiro atoms. The first-order valence-electron chi connectivity index (χ1n) is 5.56. The van der Waals surface area contributed by atoms with Crippen molar-refractivity contribution in [2.45, 2.75) is 25.4 Å². The zero-order valence-corrected chi connectivity index (χ0v) is 10.3. The Bertz CT molecular complexity index is 641. The summed E-state index contributed by atoms with van der Waals surface area (Å²) in [5, 5.41) is 9.45. The van der Waals surface area contributed by atoms with Crippen LogP contribution in [0.1, 0.15) is 25.0 Å². The van der Waals surface area contributed by atoms with Gasteiger partial charge in [-0.15, -0.1) is 0 Å². The van der Waals surface area contributed by atoms with Gasteiger partial charge in [-0.3, -0.25) is 4.79 Å². The maximum atomic E-state index is 12.7. The van der Waals surface area contributed by atoms with Gasteiger partial charge in [-0.2, -0.15) is 13.2 Å². The van der Waals surface area contributed by atoms with Gasteiger partial charge in [0.25, 0.3) is 0 Å². The van der Waals surface area contributed by atoms with Crippen LogP contribution in [-0.2, 0) is 16.4 Å². The summed E-state index contributed by atoms with van der Waals surface area (Å²) < 4.78 is 38.0. The molecule has 0 bridgehead atoms. The number of aliphatic carboxylic acids is 1. The quantitative estimate of drug-likeness (QED) is 0.877. The van der Waals surface area contributed by atoms with Gasteiger partial charge in [0.15, 0.2) is 0 Å². The van der Waals surface area contributed by atoms with Gasteiger partial charge < -0.3 is 10.1 Å². The van der Waals surface area contributed by atoms with E-state index in [2.05, 4.69) is 4.98 Å². The molecule has 2 aromatic rings. The fourth-order valence-corrected chi connectivity index (χ4v) is 1.93. The van der Waals surface area contributed by atoms with E-state index in [1.54, 1.807) is 0 Å². The number of hydrogen-bond donors (Lipinski definition) is 2. The maximum Gasteiger partial charge on any atom is 0.416 e. The summed E-state index contributed by atoms with van der Waals surface area (Å²) in [7, 11) is 0. The van der Waals surface area contributed by atoms with Crippen molar-refractivity contribution in [3.63, 3.8) is 0 Å². The van der Waals surface area contributed by atoms with E-state index in [0.29, 0.717) is 11.1 Å². The van der Waals surface area contributed by atoms with E-state index in [0.717, 1.165) is 12.1 Å². The van der Waals surface area contributed by atoms with E-state index < -0.39 is 23.1 Å². The molecule has 2 rings (SSSR count). The minimum absolute atomic E-state index is 0.280. The lowest BCUT2D eigenvalue weighted by Crippen LogP contribution is -2.28. The van der Waals surface area contributed by atoms with Crippen LogP contribution in [0.25, 0.3) is 10.9 Å². The Hall–Kier alpha value is -1.98. The summed E-state index contributed by atoms with van der Waals surface area (Å²) in [6, 6.07) is 3.25. The Morgan fingerprint density at radius 2 is 1.89 bits per heavy atom. The highest BCUT2D eigenvalue weighted by Crippen LogP contribution is 2.35. The second-order valence-corrected chi connectivity index (χ2v) is 4.89. The number of hydrogen-bond acceptors (Lipinski definition) is 1. The number of nitrogens with one attached hydrogen (secondary N) is 1. The molecule has 0 atom stereocenters. The van der Waals surface area contributed by atoms with E-state index in [-0.39, 0.29) is 5.39 Å². The minimum Gasteiger partial charge on any atom is -0.481 e. The first kappa shape index (κ1) is 13.5. The topological polar surface area (TPSA) is 53.1 Å². The number of aromatic nitrogens is 1. The van der Waals surface area contributed by atoms with Crippen LogP contribution in [0.4, 0.5) is 13.2 Å². The molecular formula is C13H12F3NO2.